The zero-order valence-electron chi connectivity index (χ0n) is 15.7. The van der Waals surface area contributed by atoms with Crippen molar-refractivity contribution in [2.45, 2.75) is 63.4 Å². The van der Waals surface area contributed by atoms with Crippen molar-refractivity contribution in [2.24, 2.45) is 22.7 Å². The Morgan fingerprint density at radius 2 is 2.00 bits per heavy atom. The zero-order valence-corrected chi connectivity index (χ0v) is 15.7. The highest BCUT2D eigenvalue weighted by Gasteiger charge is 2.60. The van der Waals surface area contributed by atoms with Crippen molar-refractivity contribution >= 4 is 0 Å². The van der Waals surface area contributed by atoms with Gasteiger partial charge >= 0.3 is 0 Å². The molecule has 6 unspecified atom stereocenters. The van der Waals surface area contributed by atoms with Gasteiger partial charge in [-0.05, 0) is 42.9 Å². The fourth-order valence-corrected chi connectivity index (χ4v) is 6.39. The number of aliphatic hydroxyl groups excluding tert-OH is 3. The number of hydrogen-bond donors (Lipinski definition) is 3. The van der Waals surface area contributed by atoms with Crippen LogP contribution in [0.3, 0.4) is 0 Å². The molecule has 1 heterocycles. The molecule has 2 saturated carbocycles. The van der Waals surface area contributed by atoms with Gasteiger partial charge in [0.25, 0.3) is 0 Å². The van der Waals surface area contributed by atoms with E-state index in [2.05, 4.69) is 19.6 Å². The van der Waals surface area contributed by atoms with Crippen LogP contribution in [0.25, 0.3) is 0 Å². The van der Waals surface area contributed by atoms with Crippen molar-refractivity contribution in [1.29, 1.82) is 0 Å². The molecule has 1 spiro atoms. The summed E-state index contributed by atoms with van der Waals surface area (Å²) in [5.41, 5.74) is 0.468. The lowest BCUT2D eigenvalue weighted by Crippen LogP contribution is -2.61. The molecular formula is C21H32O5. The smallest absolute Gasteiger partial charge is 0.172 e. The molecule has 4 rings (SSSR count). The topological polar surface area (TPSA) is 79.2 Å². The highest BCUT2D eigenvalue weighted by atomic mass is 16.7. The predicted molar refractivity (Wildman–Crippen MR) is 97.2 cm³/mol. The molecule has 0 aromatic heterocycles. The van der Waals surface area contributed by atoms with Crippen LogP contribution >= 0.6 is 0 Å². The van der Waals surface area contributed by atoms with E-state index in [4.69, 9.17) is 9.47 Å². The van der Waals surface area contributed by atoms with Gasteiger partial charge in [-0.1, -0.05) is 24.6 Å². The normalized spacial score (nSPS) is 47.2. The van der Waals surface area contributed by atoms with E-state index in [1.54, 1.807) is 6.08 Å². The second kappa shape index (κ2) is 6.42. The summed E-state index contributed by atoms with van der Waals surface area (Å²) in [6.45, 7) is 7.19. The molecule has 0 radical (unpaired) electrons. The van der Waals surface area contributed by atoms with Gasteiger partial charge in [-0.3, -0.25) is 0 Å². The molecule has 1 aliphatic heterocycles. The number of allylic oxidation sites excluding steroid dienone is 2. The van der Waals surface area contributed by atoms with E-state index in [1.165, 1.54) is 5.57 Å². The Morgan fingerprint density at radius 3 is 2.65 bits per heavy atom. The van der Waals surface area contributed by atoms with E-state index in [0.29, 0.717) is 26.1 Å². The first-order valence-corrected chi connectivity index (χ1v) is 9.95. The number of fused-ring (bicyclic) bond motifs is 3. The average Bonchev–Trinajstić information content (AvgIpc) is 3.07. The van der Waals surface area contributed by atoms with Crippen LogP contribution in [0.2, 0.25) is 0 Å². The van der Waals surface area contributed by atoms with Crippen molar-refractivity contribution < 1.29 is 24.8 Å². The van der Waals surface area contributed by atoms with Gasteiger partial charge in [0, 0.05) is 18.3 Å². The van der Waals surface area contributed by atoms with Gasteiger partial charge < -0.3 is 24.8 Å². The SMILES string of the molecule is C=CCC1(CO)CC(O)C2C(CC=C3CC4(CCC32C)OCCO4)C1O. The van der Waals surface area contributed by atoms with Crippen molar-refractivity contribution in [3.8, 4) is 0 Å². The molecule has 3 fully saturated rings. The van der Waals surface area contributed by atoms with Gasteiger partial charge in [0.15, 0.2) is 5.79 Å². The van der Waals surface area contributed by atoms with E-state index in [0.717, 1.165) is 25.7 Å². The Hall–Kier alpha value is -0.720. The first-order valence-electron chi connectivity index (χ1n) is 9.95. The second-order valence-corrected chi connectivity index (χ2v) is 9.09. The van der Waals surface area contributed by atoms with E-state index < -0.39 is 23.4 Å². The Kier molecular flexibility index (Phi) is 4.60. The zero-order chi connectivity index (χ0) is 18.6. The van der Waals surface area contributed by atoms with Crippen LogP contribution in [-0.4, -0.2) is 53.1 Å². The first kappa shape index (κ1) is 18.6. The second-order valence-electron chi connectivity index (χ2n) is 9.09. The van der Waals surface area contributed by atoms with Crippen molar-refractivity contribution in [3.05, 3.63) is 24.3 Å². The monoisotopic (exact) mass is 364 g/mol. The van der Waals surface area contributed by atoms with Gasteiger partial charge in [0.05, 0.1) is 32.0 Å². The Labute approximate surface area is 155 Å². The highest BCUT2D eigenvalue weighted by Crippen LogP contribution is 2.61. The standard InChI is InChI=1S/C21H32O5/c1-3-6-20(13-22)12-16(23)17-15(18(20)24)5-4-14-11-21(25-9-10-26-21)8-7-19(14,17)2/h3-4,15-18,22-24H,1,5-13H2,2H3. The van der Waals surface area contributed by atoms with E-state index in [-0.39, 0.29) is 23.9 Å². The van der Waals surface area contributed by atoms with Gasteiger partial charge in [-0.15, -0.1) is 6.58 Å². The van der Waals surface area contributed by atoms with Gasteiger partial charge in [0.1, 0.15) is 0 Å². The molecule has 4 aliphatic rings. The molecule has 26 heavy (non-hydrogen) atoms. The Bertz CT molecular complexity index is 595. The lowest BCUT2D eigenvalue weighted by Gasteiger charge is -2.59. The van der Waals surface area contributed by atoms with Crippen LogP contribution in [0.15, 0.2) is 24.3 Å². The molecule has 3 N–H and O–H groups in total. The lowest BCUT2D eigenvalue weighted by molar-refractivity contribution is -0.205. The molecule has 146 valence electrons. The average molecular weight is 364 g/mol. The van der Waals surface area contributed by atoms with Crippen molar-refractivity contribution in [3.63, 3.8) is 0 Å². The van der Waals surface area contributed by atoms with Crippen LogP contribution in [0.4, 0.5) is 0 Å². The van der Waals surface area contributed by atoms with Crippen LogP contribution in [0, 0.1) is 22.7 Å². The molecule has 6 atom stereocenters. The molecule has 3 aliphatic carbocycles. The number of hydrogen-bond acceptors (Lipinski definition) is 5. The summed E-state index contributed by atoms with van der Waals surface area (Å²) < 4.78 is 11.8. The maximum atomic E-state index is 11.2. The fourth-order valence-electron chi connectivity index (χ4n) is 6.39. The Morgan fingerprint density at radius 1 is 1.27 bits per heavy atom. The number of ether oxygens (including phenoxy) is 2. The highest BCUT2D eigenvalue weighted by molar-refractivity contribution is 5.27. The predicted octanol–water partition coefficient (Wildman–Crippen LogP) is 2.16. The first-order chi connectivity index (χ1) is 12.4. The van der Waals surface area contributed by atoms with E-state index in [1.807, 2.05) is 0 Å². The van der Waals surface area contributed by atoms with Crippen LogP contribution in [0.1, 0.15) is 45.4 Å². The molecule has 0 aromatic carbocycles. The summed E-state index contributed by atoms with van der Waals surface area (Å²) in [7, 11) is 0. The van der Waals surface area contributed by atoms with E-state index in [9.17, 15) is 15.3 Å². The summed E-state index contributed by atoms with van der Waals surface area (Å²) in [5, 5.41) is 32.3. The van der Waals surface area contributed by atoms with Crippen LogP contribution < -0.4 is 0 Å². The molecule has 0 amide bonds. The lowest BCUT2D eigenvalue weighted by atomic mass is 9.48. The third-order valence-corrected chi connectivity index (χ3v) is 7.79. The van der Waals surface area contributed by atoms with Crippen LogP contribution in [0.5, 0.6) is 0 Å². The molecule has 5 nitrogen and oxygen atoms in total. The van der Waals surface area contributed by atoms with Crippen molar-refractivity contribution in [2.75, 3.05) is 19.8 Å². The molecule has 5 heteroatoms. The van der Waals surface area contributed by atoms with Crippen molar-refractivity contribution in [1.82, 2.24) is 0 Å². The van der Waals surface area contributed by atoms with Gasteiger partial charge in [-0.2, -0.15) is 0 Å². The van der Waals surface area contributed by atoms with Gasteiger partial charge in [-0.25, -0.2) is 0 Å². The molecule has 0 aromatic rings. The van der Waals surface area contributed by atoms with Crippen LogP contribution in [-0.2, 0) is 9.47 Å². The van der Waals surface area contributed by atoms with E-state index >= 15 is 0 Å². The minimum absolute atomic E-state index is 0.000688. The third kappa shape index (κ3) is 2.55. The fraction of sp³-hybridized carbons (Fsp3) is 0.810. The summed E-state index contributed by atoms with van der Waals surface area (Å²) in [6.07, 6.45) is 6.94. The minimum Gasteiger partial charge on any atom is -0.396 e. The maximum absolute atomic E-state index is 11.2. The quantitative estimate of drug-likeness (QED) is 0.669. The Balaban J connectivity index is 1.66. The maximum Gasteiger partial charge on any atom is 0.172 e. The largest absolute Gasteiger partial charge is 0.396 e. The number of rotatable bonds is 3. The summed E-state index contributed by atoms with van der Waals surface area (Å²) in [5.74, 6) is -0.520. The molecular weight excluding hydrogens is 332 g/mol. The van der Waals surface area contributed by atoms with Gasteiger partial charge in [0.2, 0.25) is 0 Å². The summed E-state index contributed by atoms with van der Waals surface area (Å²) in [4.78, 5) is 0. The third-order valence-electron chi connectivity index (χ3n) is 7.79. The molecule has 1 saturated heterocycles. The minimum atomic E-state index is -0.683. The molecule has 0 bridgehead atoms. The summed E-state index contributed by atoms with van der Waals surface area (Å²) >= 11 is 0. The summed E-state index contributed by atoms with van der Waals surface area (Å²) in [6, 6.07) is 0. The number of aliphatic hydroxyl groups is 3.